The average molecular weight is 468 g/mol. The summed E-state index contributed by atoms with van der Waals surface area (Å²) in [7, 11) is 0. The van der Waals surface area contributed by atoms with E-state index in [0.29, 0.717) is 34.9 Å². The van der Waals surface area contributed by atoms with Gasteiger partial charge in [-0.2, -0.15) is 0 Å². The molecule has 0 aliphatic carbocycles. The Morgan fingerprint density at radius 3 is 2.56 bits per heavy atom. The van der Waals surface area contributed by atoms with Crippen molar-refractivity contribution in [3.8, 4) is 5.75 Å². The maximum Gasteiger partial charge on any atom is 0.257 e. The van der Waals surface area contributed by atoms with Crippen molar-refractivity contribution in [1.29, 1.82) is 0 Å². The van der Waals surface area contributed by atoms with Crippen LogP contribution in [0.15, 0.2) is 54.6 Å². The molecule has 2 aromatic carbocycles. The molecule has 3 rings (SSSR count). The lowest BCUT2D eigenvalue weighted by molar-refractivity contribution is 0.0975. The second kappa shape index (κ2) is 10.9. The number of ether oxygens (including phenoxy) is 1. The van der Waals surface area contributed by atoms with Crippen LogP contribution in [0.5, 0.6) is 5.75 Å². The number of thiocarbonyl (C=S) groups is 1. The number of rotatable bonds is 8. The van der Waals surface area contributed by atoms with Gasteiger partial charge in [0.2, 0.25) is 0 Å². The lowest BCUT2D eigenvalue weighted by Crippen LogP contribution is -2.34. The quantitative estimate of drug-likeness (QED) is 0.419. The van der Waals surface area contributed by atoms with E-state index >= 15 is 0 Å². The molecule has 0 saturated carbocycles. The molecule has 2 amide bonds. The van der Waals surface area contributed by atoms with Crippen LogP contribution >= 0.6 is 23.6 Å². The van der Waals surface area contributed by atoms with Crippen LogP contribution in [0.2, 0.25) is 0 Å². The zero-order chi connectivity index (χ0) is 23.1. The van der Waals surface area contributed by atoms with Crippen LogP contribution in [0.25, 0.3) is 0 Å². The summed E-state index contributed by atoms with van der Waals surface area (Å²) in [5.41, 5.74) is 8.37. The molecule has 0 spiro atoms. The molecule has 0 radical (unpaired) electrons. The highest BCUT2D eigenvalue weighted by Gasteiger charge is 2.21. The second-order valence-corrected chi connectivity index (χ2v) is 8.68. The average Bonchev–Trinajstić information content (AvgIpc) is 3.07. The van der Waals surface area contributed by atoms with E-state index in [1.54, 1.807) is 24.3 Å². The van der Waals surface area contributed by atoms with Gasteiger partial charge < -0.3 is 15.8 Å². The van der Waals surface area contributed by atoms with Crippen molar-refractivity contribution in [1.82, 2.24) is 5.32 Å². The van der Waals surface area contributed by atoms with E-state index in [1.807, 2.05) is 44.2 Å². The van der Waals surface area contributed by atoms with Gasteiger partial charge in [0.1, 0.15) is 10.8 Å². The molecule has 32 heavy (non-hydrogen) atoms. The number of benzene rings is 2. The van der Waals surface area contributed by atoms with Gasteiger partial charge in [0.15, 0.2) is 5.11 Å². The van der Waals surface area contributed by atoms with E-state index in [-0.39, 0.29) is 11.0 Å². The summed E-state index contributed by atoms with van der Waals surface area (Å²) in [6.45, 7) is 4.45. The first-order chi connectivity index (χ1) is 15.4. The van der Waals surface area contributed by atoms with Gasteiger partial charge >= 0.3 is 0 Å². The van der Waals surface area contributed by atoms with Crippen molar-refractivity contribution in [2.45, 2.75) is 26.7 Å². The van der Waals surface area contributed by atoms with Crippen LogP contribution in [-0.2, 0) is 6.42 Å². The highest BCUT2D eigenvalue weighted by atomic mass is 32.1. The fourth-order valence-electron chi connectivity index (χ4n) is 3.15. The first-order valence-electron chi connectivity index (χ1n) is 10.2. The Labute approximate surface area is 196 Å². The normalized spacial score (nSPS) is 10.4. The van der Waals surface area contributed by atoms with Gasteiger partial charge in [0, 0.05) is 16.9 Å². The maximum absolute atomic E-state index is 12.6. The third-order valence-corrected chi connectivity index (χ3v) is 6.13. The molecule has 0 fully saturated rings. The monoisotopic (exact) mass is 467 g/mol. The molecule has 166 valence electrons. The number of nitrogens with two attached hydrogens (primary N) is 1. The largest absolute Gasteiger partial charge is 0.494 e. The molecule has 8 heteroatoms. The van der Waals surface area contributed by atoms with E-state index in [0.717, 1.165) is 22.4 Å². The van der Waals surface area contributed by atoms with Crippen molar-refractivity contribution in [3.63, 3.8) is 0 Å². The van der Waals surface area contributed by atoms with E-state index in [9.17, 15) is 9.59 Å². The predicted octanol–water partition coefficient (Wildman–Crippen LogP) is 4.66. The number of primary amides is 1. The molecule has 3 aromatic rings. The van der Waals surface area contributed by atoms with Crippen LogP contribution in [0.1, 0.15) is 50.1 Å². The lowest BCUT2D eigenvalue weighted by Gasteiger charge is -2.10. The van der Waals surface area contributed by atoms with Crippen molar-refractivity contribution in [2.24, 2.45) is 5.73 Å². The molecular formula is C24H25N3O3S2. The van der Waals surface area contributed by atoms with E-state index in [2.05, 4.69) is 10.6 Å². The fourth-order valence-corrected chi connectivity index (χ4v) is 4.66. The molecule has 4 N–H and O–H groups in total. The summed E-state index contributed by atoms with van der Waals surface area (Å²) in [6, 6.07) is 16.8. The number of carbonyl (C=O) groups excluding carboxylic acids is 2. The number of thiophene rings is 1. The number of nitrogens with one attached hydrogen (secondary N) is 2. The molecule has 1 aromatic heterocycles. The number of hydrogen-bond donors (Lipinski definition) is 3. The minimum atomic E-state index is -0.546. The Balaban J connectivity index is 1.73. The third-order valence-electron chi connectivity index (χ3n) is 4.72. The number of amides is 2. The SMILES string of the molecule is CCCOc1cccc(C(=O)NC(=S)Nc2sc(Cc3ccccc3)c(C)c2C(N)=O)c1. The summed E-state index contributed by atoms with van der Waals surface area (Å²) in [6.07, 6.45) is 1.54. The maximum atomic E-state index is 12.6. The summed E-state index contributed by atoms with van der Waals surface area (Å²) in [5.74, 6) is -0.299. The number of hydrogen-bond acceptors (Lipinski definition) is 5. The Morgan fingerprint density at radius 1 is 1.12 bits per heavy atom. The number of anilines is 1. The molecule has 0 atom stereocenters. The molecule has 6 nitrogen and oxygen atoms in total. The van der Waals surface area contributed by atoms with Gasteiger partial charge in [-0.3, -0.25) is 14.9 Å². The summed E-state index contributed by atoms with van der Waals surface area (Å²) in [5, 5.41) is 6.23. The van der Waals surface area contributed by atoms with Crippen LogP contribution in [0, 0.1) is 6.92 Å². The Hall–Kier alpha value is -3.23. The van der Waals surface area contributed by atoms with Crippen LogP contribution in [-0.4, -0.2) is 23.5 Å². The smallest absolute Gasteiger partial charge is 0.257 e. The molecule has 0 unspecified atom stereocenters. The van der Waals surface area contributed by atoms with Crippen LogP contribution in [0.4, 0.5) is 5.00 Å². The molecule has 1 heterocycles. The lowest BCUT2D eigenvalue weighted by atomic mass is 10.1. The van der Waals surface area contributed by atoms with Crippen molar-refractivity contribution < 1.29 is 14.3 Å². The van der Waals surface area contributed by atoms with E-state index < -0.39 is 5.91 Å². The van der Waals surface area contributed by atoms with Crippen LogP contribution < -0.4 is 21.1 Å². The standard InChI is InChI=1S/C24H25N3O3S2/c1-3-12-30-18-11-7-10-17(14-18)22(29)26-24(31)27-23-20(21(25)28)15(2)19(32-23)13-16-8-5-4-6-9-16/h4-11,14H,3,12-13H2,1-2H3,(H2,25,28)(H2,26,27,29,31). The first-order valence-corrected chi connectivity index (χ1v) is 11.4. The fraction of sp³-hybridized carbons (Fsp3) is 0.208. The van der Waals surface area contributed by atoms with Gasteiger partial charge in [-0.25, -0.2) is 0 Å². The number of carbonyl (C=O) groups is 2. The van der Waals surface area contributed by atoms with Gasteiger partial charge in [-0.15, -0.1) is 11.3 Å². The topological polar surface area (TPSA) is 93.4 Å². The highest BCUT2D eigenvalue weighted by molar-refractivity contribution is 7.80. The predicted molar refractivity (Wildman–Crippen MR) is 133 cm³/mol. The zero-order valence-electron chi connectivity index (χ0n) is 17.9. The Bertz CT molecular complexity index is 1130. The Morgan fingerprint density at radius 2 is 1.88 bits per heavy atom. The molecule has 0 aliphatic heterocycles. The van der Waals surface area contributed by atoms with Crippen molar-refractivity contribution in [3.05, 3.63) is 81.7 Å². The van der Waals surface area contributed by atoms with E-state index in [1.165, 1.54) is 11.3 Å². The zero-order valence-corrected chi connectivity index (χ0v) is 19.6. The third kappa shape index (κ3) is 5.93. The second-order valence-electron chi connectivity index (χ2n) is 7.17. The molecule has 0 aliphatic rings. The summed E-state index contributed by atoms with van der Waals surface area (Å²) in [4.78, 5) is 25.7. The highest BCUT2D eigenvalue weighted by Crippen LogP contribution is 2.34. The van der Waals surface area contributed by atoms with Gasteiger partial charge in [-0.05, 0) is 54.9 Å². The summed E-state index contributed by atoms with van der Waals surface area (Å²) < 4.78 is 5.58. The first kappa shape index (κ1) is 23.4. The van der Waals surface area contributed by atoms with Crippen LogP contribution in [0.3, 0.4) is 0 Å². The van der Waals surface area contributed by atoms with Crippen molar-refractivity contribution >= 4 is 45.5 Å². The molecule has 0 bridgehead atoms. The summed E-state index contributed by atoms with van der Waals surface area (Å²) >= 11 is 6.73. The molecule has 0 saturated heterocycles. The Kier molecular flexibility index (Phi) is 7.97. The van der Waals surface area contributed by atoms with Gasteiger partial charge in [0.25, 0.3) is 11.8 Å². The molecular weight excluding hydrogens is 442 g/mol. The van der Waals surface area contributed by atoms with Gasteiger partial charge in [0.05, 0.1) is 12.2 Å². The van der Waals surface area contributed by atoms with E-state index in [4.69, 9.17) is 22.7 Å². The minimum Gasteiger partial charge on any atom is -0.494 e. The van der Waals surface area contributed by atoms with Gasteiger partial charge in [-0.1, -0.05) is 43.3 Å². The minimum absolute atomic E-state index is 0.0879. The van der Waals surface area contributed by atoms with Crippen molar-refractivity contribution in [2.75, 3.05) is 11.9 Å².